The third kappa shape index (κ3) is 1.34. The van der Waals surface area contributed by atoms with Crippen molar-refractivity contribution < 1.29 is 8.78 Å². The lowest BCUT2D eigenvalue weighted by molar-refractivity contribution is 0.0409. The summed E-state index contributed by atoms with van der Waals surface area (Å²) in [6, 6.07) is 0. The molecule has 0 radical (unpaired) electrons. The molecule has 0 fully saturated rings. The predicted octanol–water partition coefficient (Wildman–Crippen LogP) is 3.62. The maximum Gasteiger partial charge on any atom is 0.270 e. The van der Waals surface area contributed by atoms with Crippen LogP contribution in [-0.2, 0) is 0 Å². The average molecular weight is 182 g/mol. The molecule has 0 aromatic heterocycles. The molecule has 0 spiro atoms. The molecule has 2 heteroatoms. The minimum absolute atomic E-state index is 0.000991. The van der Waals surface area contributed by atoms with E-state index in [9.17, 15) is 8.78 Å². The molecule has 0 aromatic rings. The second-order valence-electron chi connectivity index (χ2n) is 3.58. The molecule has 0 heterocycles. The molecule has 0 amide bonds. The molecule has 0 aromatic carbocycles. The van der Waals surface area contributed by atoms with E-state index in [4.69, 9.17) is 0 Å². The summed E-state index contributed by atoms with van der Waals surface area (Å²) >= 11 is 0. The number of rotatable bonds is 0. The molecular formula is C11H12F2. The highest BCUT2D eigenvalue weighted by atomic mass is 19.3. The second kappa shape index (κ2) is 2.79. The maximum atomic E-state index is 13.3. The summed E-state index contributed by atoms with van der Waals surface area (Å²) in [6.45, 7) is 1.89. The minimum atomic E-state index is -2.55. The first-order chi connectivity index (χ1) is 6.13. The number of allylic oxidation sites excluding steroid dienone is 6. The van der Waals surface area contributed by atoms with Crippen LogP contribution in [0.5, 0.6) is 0 Å². The standard InChI is InChI=1S/C11H12F2/c1-2-8-3-4-9-5-6-11(12,13)10(9)7-8/h2-4H,5-7H2,1H3. The Morgan fingerprint density at radius 1 is 1.38 bits per heavy atom. The van der Waals surface area contributed by atoms with Gasteiger partial charge in [-0.2, -0.15) is 0 Å². The third-order valence-electron chi connectivity index (χ3n) is 2.79. The molecule has 0 aliphatic heterocycles. The van der Waals surface area contributed by atoms with E-state index in [1.165, 1.54) is 0 Å². The molecule has 2 aliphatic carbocycles. The van der Waals surface area contributed by atoms with Crippen LogP contribution in [0.3, 0.4) is 0 Å². The Bertz CT molecular complexity index is 319. The van der Waals surface area contributed by atoms with Crippen LogP contribution in [0.2, 0.25) is 0 Å². The van der Waals surface area contributed by atoms with Crippen molar-refractivity contribution >= 4 is 0 Å². The Labute approximate surface area is 76.6 Å². The van der Waals surface area contributed by atoms with Crippen LogP contribution in [0.25, 0.3) is 0 Å². The molecule has 2 rings (SSSR count). The lowest BCUT2D eigenvalue weighted by Gasteiger charge is -2.17. The maximum absolute atomic E-state index is 13.3. The van der Waals surface area contributed by atoms with Crippen LogP contribution >= 0.6 is 0 Å². The van der Waals surface area contributed by atoms with Gasteiger partial charge in [-0.25, -0.2) is 8.78 Å². The van der Waals surface area contributed by atoms with E-state index in [1.807, 2.05) is 25.2 Å². The molecule has 0 unspecified atom stereocenters. The summed E-state index contributed by atoms with van der Waals surface area (Å²) in [5, 5.41) is 0. The molecular weight excluding hydrogens is 170 g/mol. The summed E-state index contributed by atoms with van der Waals surface area (Å²) < 4.78 is 26.5. The van der Waals surface area contributed by atoms with Gasteiger partial charge in [0.05, 0.1) is 0 Å². The van der Waals surface area contributed by atoms with Gasteiger partial charge in [0.15, 0.2) is 0 Å². The molecule has 0 atom stereocenters. The molecule has 0 saturated carbocycles. The van der Waals surface area contributed by atoms with Gasteiger partial charge < -0.3 is 0 Å². The highest BCUT2D eigenvalue weighted by molar-refractivity contribution is 5.45. The molecule has 0 bridgehead atoms. The smallest absolute Gasteiger partial charge is 0.202 e. The van der Waals surface area contributed by atoms with E-state index >= 15 is 0 Å². The Kier molecular flexibility index (Phi) is 1.86. The van der Waals surface area contributed by atoms with Crippen LogP contribution in [0.1, 0.15) is 26.2 Å². The van der Waals surface area contributed by atoms with Gasteiger partial charge in [-0.1, -0.05) is 18.2 Å². The van der Waals surface area contributed by atoms with Crippen LogP contribution in [0, 0.1) is 0 Å². The fourth-order valence-electron chi connectivity index (χ4n) is 1.92. The van der Waals surface area contributed by atoms with Crippen molar-refractivity contribution in [1.29, 1.82) is 0 Å². The molecule has 13 heavy (non-hydrogen) atoms. The van der Waals surface area contributed by atoms with Crippen molar-refractivity contribution in [3.05, 3.63) is 34.9 Å². The second-order valence-corrected chi connectivity index (χ2v) is 3.58. The summed E-state index contributed by atoms with van der Waals surface area (Å²) in [7, 11) is 0. The van der Waals surface area contributed by atoms with E-state index in [-0.39, 0.29) is 6.42 Å². The van der Waals surface area contributed by atoms with E-state index in [0.29, 0.717) is 18.4 Å². The fraction of sp³-hybridized carbons (Fsp3) is 0.455. The van der Waals surface area contributed by atoms with Gasteiger partial charge in [-0.3, -0.25) is 0 Å². The Morgan fingerprint density at radius 3 is 2.85 bits per heavy atom. The van der Waals surface area contributed by atoms with Crippen molar-refractivity contribution in [2.45, 2.75) is 32.1 Å². The molecule has 0 nitrogen and oxygen atoms in total. The van der Waals surface area contributed by atoms with Crippen molar-refractivity contribution in [2.75, 3.05) is 0 Å². The van der Waals surface area contributed by atoms with Gasteiger partial charge in [-0.05, 0) is 30.9 Å². The zero-order valence-electron chi connectivity index (χ0n) is 7.61. The molecule has 70 valence electrons. The van der Waals surface area contributed by atoms with Crippen LogP contribution in [0.4, 0.5) is 8.78 Å². The third-order valence-corrected chi connectivity index (χ3v) is 2.79. The van der Waals surface area contributed by atoms with Crippen molar-refractivity contribution in [3.8, 4) is 0 Å². The SMILES string of the molecule is CC=C1C=CC2=C(C1)C(F)(F)CC2. The zero-order chi connectivity index (χ0) is 9.47. The van der Waals surface area contributed by atoms with Gasteiger partial charge in [0.1, 0.15) is 0 Å². The first-order valence-electron chi connectivity index (χ1n) is 4.57. The lowest BCUT2D eigenvalue weighted by Crippen LogP contribution is -2.15. The lowest BCUT2D eigenvalue weighted by atomic mass is 9.94. The van der Waals surface area contributed by atoms with Gasteiger partial charge in [0.2, 0.25) is 0 Å². The quantitative estimate of drug-likeness (QED) is 0.536. The van der Waals surface area contributed by atoms with Crippen LogP contribution < -0.4 is 0 Å². The average Bonchev–Trinajstić information content (AvgIpc) is 2.42. The van der Waals surface area contributed by atoms with Crippen molar-refractivity contribution in [1.82, 2.24) is 0 Å². The first kappa shape index (κ1) is 8.67. The van der Waals surface area contributed by atoms with Gasteiger partial charge in [0, 0.05) is 12.0 Å². The topological polar surface area (TPSA) is 0 Å². The number of alkyl halides is 2. The minimum Gasteiger partial charge on any atom is -0.202 e. The Balaban J connectivity index is 2.35. The predicted molar refractivity (Wildman–Crippen MR) is 48.7 cm³/mol. The number of hydrogen-bond donors (Lipinski definition) is 0. The number of hydrogen-bond acceptors (Lipinski definition) is 0. The van der Waals surface area contributed by atoms with E-state index in [2.05, 4.69) is 0 Å². The van der Waals surface area contributed by atoms with E-state index in [0.717, 1.165) is 11.1 Å². The normalized spacial score (nSPS) is 28.4. The fourth-order valence-corrected chi connectivity index (χ4v) is 1.92. The zero-order valence-corrected chi connectivity index (χ0v) is 7.61. The summed E-state index contributed by atoms with van der Waals surface area (Å²) in [5.41, 5.74) is 2.21. The van der Waals surface area contributed by atoms with Crippen LogP contribution in [-0.4, -0.2) is 5.92 Å². The monoisotopic (exact) mass is 182 g/mol. The van der Waals surface area contributed by atoms with E-state index < -0.39 is 5.92 Å². The van der Waals surface area contributed by atoms with Gasteiger partial charge >= 0.3 is 0 Å². The Morgan fingerprint density at radius 2 is 2.15 bits per heavy atom. The molecule has 0 N–H and O–H groups in total. The number of halogens is 2. The summed E-state index contributed by atoms with van der Waals surface area (Å²) in [5.74, 6) is -2.55. The molecule has 0 saturated heterocycles. The first-order valence-corrected chi connectivity index (χ1v) is 4.57. The van der Waals surface area contributed by atoms with Crippen LogP contribution in [0.15, 0.2) is 34.9 Å². The van der Waals surface area contributed by atoms with Gasteiger partial charge in [0.25, 0.3) is 5.92 Å². The Hall–Kier alpha value is -0.920. The van der Waals surface area contributed by atoms with Gasteiger partial charge in [-0.15, -0.1) is 0 Å². The van der Waals surface area contributed by atoms with Crippen molar-refractivity contribution in [2.24, 2.45) is 0 Å². The van der Waals surface area contributed by atoms with E-state index in [1.54, 1.807) is 0 Å². The summed E-state index contributed by atoms with van der Waals surface area (Å²) in [4.78, 5) is 0. The summed E-state index contributed by atoms with van der Waals surface area (Å²) in [6.07, 6.45) is 6.66. The highest BCUT2D eigenvalue weighted by Crippen LogP contribution is 2.45. The highest BCUT2D eigenvalue weighted by Gasteiger charge is 2.41. The molecule has 2 aliphatic rings. The van der Waals surface area contributed by atoms with Crippen molar-refractivity contribution in [3.63, 3.8) is 0 Å². The largest absolute Gasteiger partial charge is 0.270 e.